The molecule has 3 N–H and O–H groups in total. The summed E-state index contributed by atoms with van der Waals surface area (Å²) in [6, 6.07) is 0.162. The Hall–Kier alpha value is -0.770. The Bertz CT molecular complexity index is 161. The molecule has 1 amide bonds. The molecule has 1 aliphatic heterocycles. The Labute approximate surface area is 66.0 Å². The van der Waals surface area contributed by atoms with Gasteiger partial charge in [-0.2, -0.15) is 0 Å². The predicted molar refractivity (Wildman–Crippen MR) is 41.4 cm³/mol. The standard InChI is InChI=1S/C7H14N2O2/c1-5-2-3-6(8)4-9(5)7(10)11/h5-6H,2-4,8H2,1H3,(H,10,11). The van der Waals surface area contributed by atoms with Crippen molar-refractivity contribution in [2.75, 3.05) is 6.54 Å². The van der Waals surface area contributed by atoms with Crippen molar-refractivity contribution in [1.82, 2.24) is 4.90 Å². The molecule has 1 heterocycles. The van der Waals surface area contributed by atoms with Crippen molar-refractivity contribution in [1.29, 1.82) is 0 Å². The molecule has 1 fully saturated rings. The minimum Gasteiger partial charge on any atom is -0.465 e. The van der Waals surface area contributed by atoms with Crippen LogP contribution < -0.4 is 5.73 Å². The van der Waals surface area contributed by atoms with Gasteiger partial charge in [0.2, 0.25) is 0 Å². The van der Waals surface area contributed by atoms with Crippen molar-refractivity contribution in [3.8, 4) is 0 Å². The molecular formula is C7H14N2O2. The second kappa shape index (κ2) is 3.09. The normalized spacial score (nSPS) is 32.0. The maximum Gasteiger partial charge on any atom is 0.407 e. The SMILES string of the molecule is CC1CCC(N)CN1C(=O)O. The molecule has 0 aliphatic carbocycles. The highest BCUT2D eigenvalue weighted by atomic mass is 16.4. The first-order valence-electron chi connectivity index (χ1n) is 3.86. The van der Waals surface area contributed by atoms with E-state index in [9.17, 15) is 4.79 Å². The van der Waals surface area contributed by atoms with E-state index in [1.54, 1.807) is 0 Å². The van der Waals surface area contributed by atoms with Crippen LogP contribution in [0.3, 0.4) is 0 Å². The fourth-order valence-corrected chi connectivity index (χ4v) is 1.40. The molecule has 2 atom stereocenters. The number of carbonyl (C=O) groups is 1. The molecule has 4 nitrogen and oxygen atoms in total. The third-order valence-electron chi connectivity index (χ3n) is 2.16. The minimum atomic E-state index is -0.854. The average molecular weight is 158 g/mol. The van der Waals surface area contributed by atoms with Gasteiger partial charge in [0.15, 0.2) is 0 Å². The molecular weight excluding hydrogens is 144 g/mol. The Morgan fingerprint density at radius 1 is 1.64 bits per heavy atom. The van der Waals surface area contributed by atoms with Crippen LogP contribution in [0.25, 0.3) is 0 Å². The molecule has 2 unspecified atom stereocenters. The van der Waals surface area contributed by atoms with Crippen molar-refractivity contribution in [3.63, 3.8) is 0 Å². The summed E-state index contributed by atoms with van der Waals surface area (Å²) in [5, 5.41) is 8.70. The molecule has 1 saturated heterocycles. The summed E-state index contributed by atoms with van der Waals surface area (Å²) in [5.41, 5.74) is 5.62. The van der Waals surface area contributed by atoms with Crippen molar-refractivity contribution < 1.29 is 9.90 Å². The second-order valence-electron chi connectivity index (χ2n) is 3.12. The van der Waals surface area contributed by atoms with E-state index in [-0.39, 0.29) is 12.1 Å². The fourth-order valence-electron chi connectivity index (χ4n) is 1.40. The molecule has 0 radical (unpaired) electrons. The monoisotopic (exact) mass is 158 g/mol. The van der Waals surface area contributed by atoms with E-state index in [2.05, 4.69) is 0 Å². The lowest BCUT2D eigenvalue weighted by Gasteiger charge is -2.34. The van der Waals surface area contributed by atoms with E-state index < -0.39 is 6.09 Å². The van der Waals surface area contributed by atoms with Gasteiger partial charge < -0.3 is 15.7 Å². The average Bonchev–Trinajstić information content (AvgIpc) is 1.94. The summed E-state index contributed by atoms with van der Waals surface area (Å²) < 4.78 is 0. The molecule has 0 aromatic carbocycles. The minimum absolute atomic E-state index is 0.0299. The predicted octanol–water partition coefficient (Wildman–Crippen LogP) is 0.476. The van der Waals surface area contributed by atoms with Crippen LogP contribution in [-0.2, 0) is 0 Å². The Morgan fingerprint density at radius 2 is 2.27 bits per heavy atom. The van der Waals surface area contributed by atoms with E-state index >= 15 is 0 Å². The number of nitrogens with two attached hydrogens (primary N) is 1. The zero-order chi connectivity index (χ0) is 8.43. The van der Waals surface area contributed by atoms with Crippen LogP contribution in [0.1, 0.15) is 19.8 Å². The van der Waals surface area contributed by atoms with Gasteiger partial charge in [-0.25, -0.2) is 4.79 Å². The summed E-state index contributed by atoms with van der Waals surface area (Å²) in [4.78, 5) is 12.0. The third-order valence-corrected chi connectivity index (χ3v) is 2.16. The van der Waals surface area contributed by atoms with E-state index in [1.807, 2.05) is 6.92 Å². The van der Waals surface area contributed by atoms with Gasteiger partial charge in [-0.1, -0.05) is 0 Å². The van der Waals surface area contributed by atoms with Gasteiger partial charge >= 0.3 is 6.09 Å². The van der Waals surface area contributed by atoms with Crippen molar-refractivity contribution in [2.24, 2.45) is 5.73 Å². The molecule has 0 aromatic heterocycles. The lowest BCUT2D eigenvalue weighted by atomic mass is 10.0. The number of piperidine rings is 1. The Morgan fingerprint density at radius 3 is 2.73 bits per heavy atom. The quantitative estimate of drug-likeness (QED) is 0.538. The summed E-state index contributed by atoms with van der Waals surface area (Å²) in [6.45, 7) is 2.40. The molecule has 11 heavy (non-hydrogen) atoms. The number of carboxylic acid groups (broad SMARTS) is 1. The maximum atomic E-state index is 10.6. The van der Waals surface area contributed by atoms with Gasteiger partial charge in [0, 0.05) is 18.6 Å². The van der Waals surface area contributed by atoms with E-state index in [4.69, 9.17) is 10.8 Å². The van der Waals surface area contributed by atoms with Crippen LogP contribution in [0, 0.1) is 0 Å². The van der Waals surface area contributed by atoms with Crippen molar-refractivity contribution in [3.05, 3.63) is 0 Å². The first-order valence-corrected chi connectivity index (χ1v) is 3.86. The van der Waals surface area contributed by atoms with E-state index in [0.717, 1.165) is 12.8 Å². The first kappa shape index (κ1) is 8.33. The second-order valence-corrected chi connectivity index (χ2v) is 3.12. The molecule has 0 bridgehead atoms. The largest absolute Gasteiger partial charge is 0.465 e. The van der Waals surface area contributed by atoms with Gasteiger partial charge in [-0.05, 0) is 19.8 Å². The Balaban J connectivity index is 2.54. The van der Waals surface area contributed by atoms with E-state index in [0.29, 0.717) is 6.54 Å². The fraction of sp³-hybridized carbons (Fsp3) is 0.857. The molecule has 64 valence electrons. The highest BCUT2D eigenvalue weighted by Gasteiger charge is 2.26. The molecule has 1 rings (SSSR count). The summed E-state index contributed by atoms with van der Waals surface area (Å²) >= 11 is 0. The highest BCUT2D eigenvalue weighted by Crippen LogP contribution is 2.15. The van der Waals surface area contributed by atoms with Crippen LogP contribution in [0.2, 0.25) is 0 Å². The van der Waals surface area contributed by atoms with Crippen LogP contribution in [0.15, 0.2) is 0 Å². The molecule has 0 saturated carbocycles. The zero-order valence-electron chi connectivity index (χ0n) is 6.66. The highest BCUT2D eigenvalue weighted by molar-refractivity contribution is 5.65. The topological polar surface area (TPSA) is 66.6 Å². The van der Waals surface area contributed by atoms with Crippen molar-refractivity contribution in [2.45, 2.75) is 31.8 Å². The lowest BCUT2D eigenvalue weighted by Crippen LogP contribution is -2.49. The summed E-state index contributed by atoms with van der Waals surface area (Å²) in [7, 11) is 0. The van der Waals surface area contributed by atoms with E-state index in [1.165, 1.54) is 4.90 Å². The zero-order valence-corrected chi connectivity index (χ0v) is 6.66. The maximum absolute atomic E-state index is 10.6. The summed E-state index contributed by atoms with van der Waals surface area (Å²) in [6.07, 6.45) is 0.964. The number of rotatable bonds is 0. The van der Waals surface area contributed by atoms with Gasteiger partial charge in [0.25, 0.3) is 0 Å². The van der Waals surface area contributed by atoms with Crippen LogP contribution >= 0.6 is 0 Å². The van der Waals surface area contributed by atoms with Gasteiger partial charge in [0.1, 0.15) is 0 Å². The molecule has 4 heteroatoms. The summed E-state index contributed by atoms with van der Waals surface area (Å²) in [5.74, 6) is 0. The van der Waals surface area contributed by atoms with Crippen LogP contribution in [0.5, 0.6) is 0 Å². The third kappa shape index (κ3) is 1.83. The Kier molecular flexibility index (Phi) is 2.34. The smallest absolute Gasteiger partial charge is 0.407 e. The molecule has 0 aromatic rings. The number of hydrogen-bond donors (Lipinski definition) is 2. The van der Waals surface area contributed by atoms with Crippen molar-refractivity contribution >= 4 is 6.09 Å². The van der Waals surface area contributed by atoms with Crippen LogP contribution in [0.4, 0.5) is 4.79 Å². The molecule has 1 aliphatic rings. The van der Waals surface area contributed by atoms with Gasteiger partial charge in [0.05, 0.1) is 0 Å². The lowest BCUT2D eigenvalue weighted by molar-refractivity contribution is 0.106. The number of nitrogens with zero attached hydrogens (tertiary/aromatic N) is 1. The van der Waals surface area contributed by atoms with Gasteiger partial charge in [-0.15, -0.1) is 0 Å². The first-order chi connectivity index (χ1) is 5.11. The molecule has 0 spiro atoms. The number of amides is 1. The number of likely N-dealkylation sites (tertiary alicyclic amines) is 1. The van der Waals surface area contributed by atoms with Gasteiger partial charge in [-0.3, -0.25) is 0 Å². The van der Waals surface area contributed by atoms with Crippen LogP contribution in [-0.4, -0.2) is 34.7 Å². The number of hydrogen-bond acceptors (Lipinski definition) is 2.